The lowest BCUT2D eigenvalue weighted by atomic mass is 9.72. The molecule has 2 aromatic carbocycles. The van der Waals surface area contributed by atoms with Crippen LogP contribution in [0.2, 0.25) is 0 Å². The summed E-state index contributed by atoms with van der Waals surface area (Å²) in [5.41, 5.74) is 3.71. The van der Waals surface area contributed by atoms with E-state index in [2.05, 4.69) is 0 Å². The third-order valence-electron chi connectivity index (χ3n) is 7.74. The van der Waals surface area contributed by atoms with Crippen molar-refractivity contribution < 1.29 is 39.2 Å². The zero-order valence-electron chi connectivity index (χ0n) is 24.2. The topological polar surface area (TPSA) is 138 Å². The molecule has 0 saturated carbocycles. The summed E-state index contributed by atoms with van der Waals surface area (Å²) >= 11 is 0. The molecule has 1 aliphatic carbocycles. The van der Waals surface area contributed by atoms with E-state index in [1.165, 1.54) is 13.0 Å². The normalized spacial score (nSPS) is 16.2. The van der Waals surface area contributed by atoms with Crippen LogP contribution in [0.15, 0.2) is 36.4 Å². The molecule has 0 fully saturated rings. The van der Waals surface area contributed by atoms with Gasteiger partial charge in [0.15, 0.2) is 5.78 Å². The third-order valence-corrected chi connectivity index (χ3v) is 7.74. The number of hydrogen-bond donors (Lipinski definition) is 3. The number of rotatable bonds is 15. The van der Waals surface area contributed by atoms with Gasteiger partial charge < -0.3 is 20.1 Å². The van der Waals surface area contributed by atoms with Gasteiger partial charge in [0, 0.05) is 25.4 Å². The Hall–Kier alpha value is -3.36. The lowest BCUT2D eigenvalue weighted by Gasteiger charge is -2.31. The average molecular weight is 567 g/mol. The minimum absolute atomic E-state index is 0.0690. The van der Waals surface area contributed by atoms with Crippen LogP contribution in [-0.4, -0.2) is 58.5 Å². The quantitative estimate of drug-likeness (QED) is 0.212. The van der Waals surface area contributed by atoms with Crippen LogP contribution in [0.4, 0.5) is 0 Å². The van der Waals surface area contributed by atoms with E-state index in [0.29, 0.717) is 31.4 Å². The molecule has 0 amide bonds. The van der Waals surface area contributed by atoms with Crippen LogP contribution in [0.25, 0.3) is 11.1 Å². The van der Waals surface area contributed by atoms with E-state index < -0.39 is 12.5 Å². The number of ketones is 3. The number of phenols is 1. The molecule has 8 nitrogen and oxygen atoms in total. The Labute approximate surface area is 241 Å². The summed E-state index contributed by atoms with van der Waals surface area (Å²) in [7, 11) is 0. The maximum Gasteiger partial charge on any atom is 0.306 e. The number of phenolic OH excluding ortho intramolecular Hbond substituents is 1. The number of benzene rings is 2. The fourth-order valence-electron chi connectivity index (χ4n) is 5.72. The third kappa shape index (κ3) is 8.81. The second-order valence-corrected chi connectivity index (χ2v) is 11.6. The Bertz CT molecular complexity index is 1230. The number of esters is 1. The molecule has 0 saturated heterocycles. The lowest BCUT2D eigenvalue weighted by molar-refractivity contribution is -0.144. The number of Topliss-reactive ketones (excluding diaryl/α,β-unsaturated/α-hetero) is 3. The van der Waals surface area contributed by atoms with Gasteiger partial charge in [0.05, 0.1) is 25.2 Å². The van der Waals surface area contributed by atoms with Gasteiger partial charge in [-0.05, 0) is 78.7 Å². The molecule has 3 unspecified atom stereocenters. The second kappa shape index (κ2) is 15.0. The van der Waals surface area contributed by atoms with Crippen molar-refractivity contribution in [1.29, 1.82) is 0 Å². The first kappa shape index (κ1) is 32.2. The van der Waals surface area contributed by atoms with E-state index in [0.717, 1.165) is 22.3 Å². The second-order valence-electron chi connectivity index (χ2n) is 11.6. The number of carbonyl (C=O) groups is 4. The molecule has 1 aliphatic rings. The SMILES string of the molecule is CC(=O)CC(=O)C(CO)C(CCO)CC1CC(=O)c2c(O)ccc(-c3ccc(CCC(=O)OCC(C)C)cc3)c2C1. The summed E-state index contributed by atoms with van der Waals surface area (Å²) in [6.07, 6.45) is 1.91. The molecule has 2 aromatic rings. The van der Waals surface area contributed by atoms with Gasteiger partial charge in [0.25, 0.3) is 0 Å². The van der Waals surface area contributed by atoms with Crippen LogP contribution in [-0.2, 0) is 32.0 Å². The molecule has 3 rings (SSSR count). The van der Waals surface area contributed by atoms with E-state index in [1.807, 2.05) is 38.1 Å². The van der Waals surface area contributed by atoms with Crippen molar-refractivity contribution in [3.8, 4) is 16.9 Å². The summed E-state index contributed by atoms with van der Waals surface area (Å²) in [5.74, 6) is -2.18. The standard InChI is InChI=1S/C33H42O8/c1-20(2)19-41-32(40)11-6-22-4-7-24(8-5-22)26-9-10-29(37)33-27(26)16-23(17-31(33)39)15-25(12-13-34)28(18-35)30(38)14-21(3)36/h4-5,7-10,20,23,25,28,34-35,37H,6,11-19H2,1-3H3. The molecule has 3 N–H and O–H groups in total. The van der Waals surface area contributed by atoms with Gasteiger partial charge in [0.1, 0.15) is 17.3 Å². The largest absolute Gasteiger partial charge is 0.507 e. The van der Waals surface area contributed by atoms with E-state index in [4.69, 9.17) is 4.74 Å². The molecular weight excluding hydrogens is 524 g/mol. The summed E-state index contributed by atoms with van der Waals surface area (Å²) in [5, 5.41) is 30.2. The zero-order chi connectivity index (χ0) is 30.1. The molecule has 0 radical (unpaired) electrons. The first-order chi connectivity index (χ1) is 19.5. The van der Waals surface area contributed by atoms with Crippen LogP contribution in [0, 0.1) is 23.7 Å². The molecular formula is C33H42O8. The van der Waals surface area contributed by atoms with E-state index in [9.17, 15) is 34.5 Å². The van der Waals surface area contributed by atoms with Gasteiger partial charge in [-0.15, -0.1) is 0 Å². The van der Waals surface area contributed by atoms with Crippen LogP contribution in [0.3, 0.4) is 0 Å². The van der Waals surface area contributed by atoms with Crippen molar-refractivity contribution in [2.24, 2.45) is 23.7 Å². The zero-order valence-corrected chi connectivity index (χ0v) is 24.2. The maximum absolute atomic E-state index is 13.2. The molecule has 41 heavy (non-hydrogen) atoms. The van der Waals surface area contributed by atoms with Gasteiger partial charge in [-0.2, -0.15) is 0 Å². The van der Waals surface area contributed by atoms with Crippen molar-refractivity contribution in [3.63, 3.8) is 0 Å². The molecule has 0 aromatic heterocycles. The van der Waals surface area contributed by atoms with Crippen LogP contribution >= 0.6 is 0 Å². The number of aryl methyl sites for hydroxylation is 1. The monoisotopic (exact) mass is 566 g/mol. The number of aromatic hydroxyl groups is 1. The van der Waals surface area contributed by atoms with Crippen molar-refractivity contribution in [2.45, 2.75) is 65.7 Å². The highest BCUT2D eigenvalue weighted by Gasteiger charge is 2.35. The van der Waals surface area contributed by atoms with Gasteiger partial charge in [-0.25, -0.2) is 0 Å². The van der Waals surface area contributed by atoms with E-state index in [-0.39, 0.29) is 79.1 Å². The number of ether oxygens (including phenoxy) is 1. The van der Waals surface area contributed by atoms with Gasteiger partial charge >= 0.3 is 5.97 Å². The highest BCUT2D eigenvalue weighted by atomic mass is 16.5. The Morgan fingerprint density at radius 2 is 1.73 bits per heavy atom. The van der Waals surface area contributed by atoms with Crippen molar-refractivity contribution in [1.82, 2.24) is 0 Å². The fraction of sp³-hybridized carbons (Fsp3) is 0.515. The Morgan fingerprint density at radius 1 is 1.02 bits per heavy atom. The minimum Gasteiger partial charge on any atom is -0.507 e. The maximum atomic E-state index is 13.2. The van der Waals surface area contributed by atoms with E-state index >= 15 is 0 Å². The van der Waals surface area contributed by atoms with Crippen molar-refractivity contribution >= 4 is 23.3 Å². The minimum atomic E-state index is -0.790. The van der Waals surface area contributed by atoms with Gasteiger partial charge in [0.2, 0.25) is 0 Å². The smallest absolute Gasteiger partial charge is 0.306 e. The Balaban J connectivity index is 1.80. The summed E-state index contributed by atoms with van der Waals surface area (Å²) in [4.78, 5) is 49.4. The van der Waals surface area contributed by atoms with Crippen molar-refractivity contribution in [3.05, 3.63) is 53.1 Å². The predicted octanol–water partition coefficient (Wildman–Crippen LogP) is 4.48. The van der Waals surface area contributed by atoms with Crippen molar-refractivity contribution in [2.75, 3.05) is 19.8 Å². The van der Waals surface area contributed by atoms with Crippen LogP contribution < -0.4 is 0 Å². The molecule has 0 aliphatic heterocycles. The number of aliphatic hydroxyl groups is 2. The van der Waals surface area contributed by atoms with Gasteiger partial charge in [-0.3, -0.25) is 19.2 Å². The number of hydrogen-bond acceptors (Lipinski definition) is 8. The summed E-state index contributed by atoms with van der Waals surface area (Å²) in [6, 6.07) is 11.1. The first-order valence-electron chi connectivity index (χ1n) is 14.4. The highest BCUT2D eigenvalue weighted by molar-refractivity contribution is 6.03. The van der Waals surface area contributed by atoms with E-state index in [1.54, 1.807) is 6.07 Å². The number of carbonyl (C=O) groups excluding carboxylic acids is 4. The summed E-state index contributed by atoms with van der Waals surface area (Å²) < 4.78 is 5.25. The van der Waals surface area contributed by atoms with Crippen LogP contribution in [0.1, 0.15) is 74.4 Å². The molecule has 0 bridgehead atoms. The fourth-order valence-corrected chi connectivity index (χ4v) is 5.72. The molecule has 3 atom stereocenters. The Kier molecular flexibility index (Phi) is 11.8. The first-order valence-corrected chi connectivity index (χ1v) is 14.4. The predicted molar refractivity (Wildman–Crippen MR) is 154 cm³/mol. The molecule has 8 heteroatoms. The molecule has 0 spiro atoms. The number of fused-ring (bicyclic) bond motifs is 1. The summed E-state index contributed by atoms with van der Waals surface area (Å²) in [6.45, 7) is 5.09. The van der Waals surface area contributed by atoms with Crippen LogP contribution in [0.5, 0.6) is 5.75 Å². The number of aliphatic hydroxyl groups excluding tert-OH is 2. The highest BCUT2D eigenvalue weighted by Crippen LogP contribution is 2.41. The molecule has 222 valence electrons. The molecule has 0 heterocycles. The van der Waals surface area contributed by atoms with Gasteiger partial charge in [-0.1, -0.05) is 44.2 Å². The average Bonchev–Trinajstić information content (AvgIpc) is 2.91. The Morgan fingerprint density at radius 3 is 2.34 bits per heavy atom. The lowest BCUT2D eigenvalue weighted by Crippen LogP contribution is -2.32.